The number of aromatic nitrogens is 2. The summed E-state index contributed by atoms with van der Waals surface area (Å²) in [6.45, 7) is 6.34. The lowest BCUT2D eigenvalue weighted by molar-refractivity contribution is -0.140. The largest absolute Gasteiger partial charge is 0.300 e. The van der Waals surface area contributed by atoms with E-state index in [2.05, 4.69) is 48.4 Å². The van der Waals surface area contributed by atoms with Crippen LogP contribution in [0.2, 0.25) is 0 Å². The van der Waals surface area contributed by atoms with Crippen LogP contribution in [-0.2, 0) is 4.79 Å². The molecule has 4 fully saturated rings. The minimum absolute atomic E-state index is 0.143. The lowest BCUT2D eigenvalue weighted by atomic mass is 9.49. The van der Waals surface area contributed by atoms with Gasteiger partial charge in [-0.1, -0.05) is 29.0 Å². The highest BCUT2D eigenvalue weighted by Gasteiger charge is 2.54. The van der Waals surface area contributed by atoms with Crippen molar-refractivity contribution >= 4 is 22.4 Å². The van der Waals surface area contributed by atoms with Crippen LogP contribution in [-0.4, -0.2) is 16.1 Å². The van der Waals surface area contributed by atoms with Gasteiger partial charge in [-0.2, -0.15) is 0 Å². The molecule has 2 aromatic rings. The van der Waals surface area contributed by atoms with Crippen LogP contribution in [0.15, 0.2) is 12.1 Å². The summed E-state index contributed by atoms with van der Waals surface area (Å²) in [5.41, 5.74) is 4.68. The third-order valence-electron chi connectivity index (χ3n) is 7.06. The van der Waals surface area contributed by atoms with Crippen LogP contribution in [0.25, 0.3) is 10.6 Å². The fourth-order valence-electron chi connectivity index (χ4n) is 6.51. The number of anilines is 1. The number of aryl methyl sites for hydroxylation is 3. The number of carbonyl (C=O) groups is 1. The summed E-state index contributed by atoms with van der Waals surface area (Å²) in [6, 6.07) is 4.36. The number of hydrogen-bond donors (Lipinski definition) is 1. The molecule has 1 aromatic heterocycles. The van der Waals surface area contributed by atoms with E-state index in [0.717, 1.165) is 47.6 Å². The van der Waals surface area contributed by atoms with Crippen molar-refractivity contribution in [3.05, 3.63) is 28.8 Å². The molecule has 142 valence electrons. The van der Waals surface area contributed by atoms with Crippen molar-refractivity contribution in [2.45, 2.75) is 59.3 Å². The van der Waals surface area contributed by atoms with Gasteiger partial charge >= 0.3 is 0 Å². The van der Waals surface area contributed by atoms with Gasteiger partial charge in [0.2, 0.25) is 11.0 Å². The summed E-state index contributed by atoms with van der Waals surface area (Å²) in [6.07, 6.45) is 7.27. The maximum absolute atomic E-state index is 13.2. The van der Waals surface area contributed by atoms with Gasteiger partial charge in [-0.25, -0.2) is 0 Å². The second-order valence-corrected chi connectivity index (χ2v) is 10.3. The van der Waals surface area contributed by atoms with E-state index >= 15 is 0 Å². The number of amides is 1. The Labute approximate surface area is 164 Å². The van der Waals surface area contributed by atoms with E-state index < -0.39 is 0 Å². The van der Waals surface area contributed by atoms with Crippen molar-refractivity contribution in [2.24, 2.45) is 23.2 Å². The molecule has 4 nitrogen and oxygen atoms in total. The van der Waals surface area contributed by atoms with Crippen LogP contribution >= 0.6 is 11.3 Å². The zero-order valence-corrected chi connectivity index (χ0v) is 17.2. The van der Waals surface area contributed by atoms with Gasteiger partial charge < -0.3 is 5.32 Å². The summed E-state index contributed by atoms with van der Waals surface area (Å²) in [5, 5.41) is 13.4. The fourth-order valence-corrected chi connectivity index (χ4v) is 7.42. The topological polar surface area (TPSA) is 54.9 Å². The summed E-state index contributed by atoms with van der Waals surface area (Å²) in [5.74, 6) is 2.50. The molecular weight excluding hydrogens is 354 g/mol. The minimum Gasteiger partial charge on any atom is -0.300 e. The Hall–Kier alpha value is -1.75. The lowest BCUT2D eigenvalue weighted by Gasteiger charge is -2.55. The van der Waals surface area contributed by atoms with E-state index in [0.29, 0.717) is 5.13 Å². The lowest BCUT2D eigenvalue weighted by Crippen LogP contribution is -2.51. The number of carbonyl (C=O) groups excluding carboxylic acids is 1. The maximum Gasteiger partial charge on any atom is 0.232 e. The number of benzene rings is 1. The second-order valence-electron chi connectivity index (χ2n) is 9.34. The van der Waals surface area contributed by atoms with Gasteiger partial charge in [0, 0.05) is 5.56 Å². The zero-order chi connectivity index (χ0) is 18.8. The van der Waals surface area contributed by atoms with Gasteiger partial charge in [0.15, 0.2) is 0 Å². The Bertz CT molecular complexity index is 858. The van der Waals surface area contributed by atoms with Gasteiger partial charge in [-0.15, -0.1) is 10.2 Å². The van der Waals surface area contributed by atoms with E-state index in [-0.39, 0.29) is 11.3 Å². The molecule has 1 amide bonds. The van der Waals surface area contributed by atoms with Crippen LogP contribution in [0.4, 0.5) is 5.13 Å². The van der Waals surface area contributed by atoms with Crippen LogP contribution in [0, 0.1) is 43.9 Å². The third-order valence-corrected chi connectivity index (χ3v) is 7.91. The standard InChI is InChI=1S/C22H27N3OS/c1-12-4-13(2)18(14(3)5-12)19-24-25-21(27-19)23-20(26)22-9-15-6-16(10-22)8-17(7-15)11-22/h4-5,15-17H,6-11H2,1-3H3,(H,23,25,26). The minimum atomic E-state index is -0.143. The van der Waals surface area contributed by atoms with Gasteiger partial charge in [0.05, 0.1) is 5.41 Å². The first-order valence-electron chi connectivity index (χ1n) is 10.1. The van der Waals surface area contributed by atoms with Gasteiger partial charge in [-0.3, -0.25) is 4.79 Å². The predicted octanol–water partition coefficient (Wildman–Crippen LogP) is 5.29. The van der Waals surface area contributed by atoms with E-state index in [1.165, 1.54) is 47.3 Å². The smallest absolute Gasteiger partial charge is 0.232 e. The summed E-state index contributed by atoms with van der Waals surface area (Å²) in [4.78, 5) is 13.2. The Balaban J connectivity index is 1.38. The molecule has 4 aliphatic carbocycles. The van der Waals surface area contributed by atoms with E-state index in [1.807, 2.05) is 0 Å². The molecule has 5 heteroatoms. The van der Waals surface area contributed by atoms with Crippen molar-refractivity contribution in [1.29, 1.82) is 0 Å². The van der Waals surface area contributed by atoms with E-state index in [1.54, 1.807) is 0 Å². The number of rotatable bonds is 3. The number of hydrogen-bond acceptors (Lipinski definition) is 4. The molecule has 1 N–H and O–H groups in total. The van der Waals surface area contributed by atoms with Gasteiger partial charge in [0.1, 0.15) is 5.01 Å². The summed E-state index contributed by atoms with van der Waals surface area (Å²) >= 11 is 1.50. The first-order valence-corrected chi connectivity index (χ1v) is 11.0. The van der Waals surface area contributed by atoms with Crippen molar-refractivity contribution in [3.63, 3.8) is 0 Å². The third kappa shape index (κ3) is 2.91. The highest BCUT2D eigenvalue weighted by atomic mass is 32.1. The van der Waals surface area contributed by atoms with Crippen LogP contribution in [0.3, 0.4) is 0 Å². The van der Waals surface area contributed by atoms with E-state index in [9.17, 15) is 4.79 Å². The molecule has 4 saturated carbocycles. The van der Waals surface area contributed by atoms with Crippen LogP contribution < -0.4 is 5.32 Å². The molecule has 0 unspecified atom stereocenters. The van der Waals surface area contributed by atoms with Crippen molar-refractivity contribution in [1.82, 2.24) is 10.2 Å². The molecule has 4 aliphatic rings. The second kappa shape index (κ2) is 6.13. The maximum atomic E-state index is 13.2. The molecule has 1 heterocycles. The monoisotopic (exact) mass is 381 g/mol. The van der Waals surface area contributed by atoms with Gasteiger partial charge in [-0.05, 0) is 88.2 Å². The molecule has 0 radical (unpaired) electrons. The first-order chi connectivity index (χ1) is 12.9. The Morgan fingerprint density at radius 1 is 1.00 bits per heavy atom. The number of nitrogens with zero attached hydrogens (tertiary/aromatic N) is 2. The normalized spacial score (nSPS) is 31.3. The number of nitrogens with one attached hydrogen (secondary N) is 1. The molecule has 0 aliphatic heterocycles. The van der Waals surface area contributed by atoms with Crippen LogP contribution in [0.1, 0.15) is 55.2 Å². The average Bonchev–Trinajstić information content (AvgIpc) is 3.00. The highest BCUT2D eigenvalue weighted by Crippen LogP contribution is 2.60. The Morgan fingerprint density at radius 3 is 2.11 bits per heavy atom. The fraction of sp³-hybridized carbons (Fsp3) is 0.591. The molecule has 0 spiro atoms. The van der Waals surface area contributed by atoms with Crippen molar-refractivity contribution in [3.8, 4) is 10.6 Å². The Kier molecular flexibility index (Phi) is 3.94. The average molecular weight is 382 g/mol. The van der Waals surface area contributed by atoms with Crippen LogP contribution in [0.5, 0.6) is 0 Å². The van der Waals surface area contributed by atoms with E-state index in [4.69, 9.17) is 0 Å². The summed E-state index contributed by atoms with van der Waals surface area (Å²) < 4.78 is 0. The molecule has 27 heavy (non-hydrogen) atoms. The molecule has 1 aromatic carbocycles. The SMILES string of the molecule is Cc1cc(C)c(-c2nnc(NC(=O)C34CC5CC(CC(C5)C3)C4)s2)c(C)c1. The highest BCUT2D eigenvalue weighted by molar-refractivity contribution is 7.18. The molecule has 0 saturated heterocycles. The quantitative estimate of drug-likeness (QED) is 0.786. The van der Waals surface area contributed by atoms with Gasteiger partial charge in [0.25, 0.3) is 0 Å². The predicted molar refractivity (Wildman–Crippen MR) is 109 cm³/mol. The Morgan fingerprint density at radius 2 is 1.56 bits per heavy atom. The molecular formula is C22H27N3OS. The summed E-state index contributed by atoms with van der Waals surface area (Å²) in [7, 11) is 0. The zero-order valence-electron chi connectivity index (χ0n) is 16.3. The van der Waals surface area contributed by atoms with Crippen molar-refractivity contribution < 1.29 is 4.79 Å². The molecule has 4 bridgehead atoms. The van der Waals surface area contributed by atoms with Crippen molar-refractivity contribution in [2.75, 3.05) is 5.32 Å². The molecule has 0 atom stereocenters. The molecule has 6 rings (SSSR count). The first kappa shape index (κ1) is 17.4.